The number of nitrogens with one attached hydrogen (secondary N) is 1. The average molecular weight is 307 g/mol. The maximum atomic E-state index is 12.0. The second-order valence-electron chi connectivity index (χ2n) is 5.03. The summed E-state index contributed by atoms with van der Waals surface area (Å²) in [5.74, 6) is -1.26. The van der Waals surface area contributed by atoms with Crippen molar-refractivity contribution in [2.75, 3.05) is 19.3 Å². The topological polar surface area (TPSA) is 130 Å². The summed E-state index contributed by atoms with van der Waals surface area (Å²) in [5.41, 5.74) is 5.67. The predicted molar refractivity (Wildman–Crippen MR) is 72.4 cm³/mol. The summed E-state index contributed by atoms with van der Waals surface area (Å²) < 4.78 is 24.7. The zero-order valence-corrected chi connectivity index (χ0v) is 12.2. The molecule has 1 aliphatic heterocycles. The van der Waals surface area contributed by atoms with Gasteiger partial charge in [-0.15, -0.1) is 0 Å². The maximum Gasteiger partial charge on any atom is 0.303 e. The highest BCUT2D eigenvalue weighted by Crippen LogP contribution is 2.13. The van der Waals surface area contributed by atoms with Gasteiger partial charge in [-0.05, 0) is 19.3 Å². The lowest BCUT2D eigenvalue weighted by Crippen LogP contribution is -2.50. The Kier molecular flexibility index (Phi) is 5.90. The van der Waals surface area contributed by atoms with Crippen LogP contribution in [0, 0.1) is 0 Å². The fraction of sp³-hybridized carbons (Fsp3) is 0.818. The van der Waals surface area contributed by atoms with Crippen molar-refractivity contribution in [3.8, 4) is 0 Å². The number of nitrogens with zero attached hydrogens (tertiary/aromatic N) is 1. The number of carbonyl (C=O) groups excluding carboxylic acids is 1. The van der Waals surface area contributed by atoms with Gasteiger partial charge in [0.15, 0.2) is 0 Å². The first-order valence-electron chi connectivity index (χ1n) is 6.42. The molecule has 1 heterocycles. The minimum absolute atomic E-state index is 0.107. The molecule has 0 spiro atoms. The fourth-order valence-corrected chi connectivity index (χ4v) is 3.00. The molecular weight excluding hydrogens is 286 g/mol. The number of carbonyl (C=O) groups is 2. The Morgan fingerprint density at radius 1 is 1.40 bits per heavy atom. The summed E-state index contributed by atoms with van der Waals surface area (Å²) >= 11 is 0. The lowest BCUT2D eigenvalue weighted by Gasteiger charge is -2.33. The summed E-state index contributed by atoms with van der Waals surface area (Å²) in [5, 5.41) is 8.55. The van der Waals surface area contributed by atoms with Crippen LogP contribution in [0.5, 0.6) is 0 Å². The van der Waals surface area contributed by atoms with Crippen LogP contribution < -0.4 is 10.5 Å². The molecule has 0 aromatic carbocycles. The van der Waals surface area contributed by atoms with Crippen molar-refractivity contribution in [2.24, 2.45) is 5.73 Å². The van der Waals surface area contributed by atoms with E-state index in [1.807, 2.05) is 0 Å². The van der Waals surface area contributed by atoms with Crippen LogP contribution in [-0.4, -0.2) is 61.7 Å². The highest BCUT2D eigenvalue weighted by atomic mass is 32.2. The molecular formula is C11H21N3O5S. The molecule has 1 rings (SSSR count). The van der Waals surface area contributed by atoms with Crippen molar-refractivity contribution in [1.82, 2.24) is 9.62 Å². The molecule has 1 amide bonds. The normalized spacial score (nSPS) is 18.8. The molecule has 0 aliphatic carbocycles. The molecule has 0 bridgehead atoms. The van der Waals surface area contributed by atoms with E-state index >= 15 is 0 Å². The van der Waals surface area contributed by atoms with Gasteiger partial charge in [-0.2, -0.15) is 0 Å². The highest BCUT2D eigenvalue weighted by molar-refractivity contribution is 7.88. The van der Waals surface area contributed by atoms with Gasteiger partial charge in [0, 0.05) is 25.6 Å². The molecule has 1 saturated heterocycles. The van der Waals surface area contributed by atoms with Crippen LogP contribution in [0.3, 0.4) is 0 Å². The minimum Gasteiger partial charge on any atom is -0.481 e. The molecule has 1 fully saturated rings. The maximum absolute atomic E-state index is 12.0. The third-order valence-corrected chi connectivity index (χ3v) is 3.94. The molecule has 0 radical (unpaired) electrons. The molecule has 116 valence electrons. The Morgan fingerprint density at radius 2 is 1.95 bits per heavy atom. The van der Waals surface area contributed by atoms with E-state index in [4.69, 9.17) is 10.8 Å². The Morgan fingerprint density at radius 3 is 2.40 bits per heavy atom. The summed E-state index contributed by atoms with van der Waals surface area (Å²) in [7, 11) is -3.24. The first-order chi connectivity index (χ1) is 9.19. The van der Waals surface area contributed by atoms with Gasteiger partial charge in [-0.3, -0.25) is 9.59 Å². The molecule has 9 heteroatoms. The number of hydrogen-bond donors (Lipinski definition) is 3. The number of likely N-dealkylation sites (tertiary alicyclic amines) is 1. The zero-order valence-electron chi connectivity index (χ0n) is 11.4. The molecule has 1 unspecified atom stereocenters. The van der Waals surface area contributed by atoms with E-state index in [0.717, 1.165) is 6.26 Å². The van der Waals surface area contributed by atoms with E-state index in [9.17, 15) is 18.0 Å². The lowest BCUT2D eigenvalue weighted by molar-refractivity contribution is -0.137. The third kappa shape index (κ3) is 5.85. The highest BCUT2D eigenvalue weighted by Gasteiger charge is 2.27. The third-order valence-electron chi connectivity index (χ3n) is 3.17. The number of piperidine rings is 1. The molecule has 0 aromatic rings. The average Bonchev–Trinajstić information content (AvgIpc) is 2.34. The number of carboxylic acid groups (broad SMARTS) is 1. The Hall–Kier alpha value is -1.19. The molecule has 1 atom stereocenters. The summed E-state index contributed by atoms with van der Waals surface area (Å²) in [6.45, 7) is 0.847. The van der Waals surface area contributed by atoms with Crippen molar-refractivity contribution >= 4 is 21.9 Å². The van der Waals surface area contributed by atoms with Gasteiger partial charge in [0.05, 0.1) is 12.3 Å². The quantitative estimate of drug-likeness (QED) is 0.560. The van der Waals surface area contributed by atoms with E-state index in [1.165, 1.54) is 0 Å². The smallest absolute Gasteiger partial charge is 0.303 e. The van der Waals surface area contributed by atoms with Crippen LogP contribution in [0.4, 0.5) is 0 Å². The van der Waals surface area contributed by atoms with E-state index in [2.05, 4.69) is 4.72 Å². The number of rotatable bonds is 6. The van der Waals surface area contributed by atoms with Crippen LogP contribution in [-0.2, 0) is 19.6 Å². The number of sulfonamides is 1. The monoisotopic (exact) mass is 307 g/mol. The van der Waals surface area contributed by atoms with Crippen molar-refractivity contribution in [3.05, 3.63) is 0 Å². The summed E-state index contributed by atoms with van der Waals surface area (Å²) in [6, 6.07) is -0.977. The minimum atomic E-state index is -3.24. The lowest BCUT2D eigenvalue weighted by atomic mass is 10.0. The van der Waals surface area contributed by atoms with Crippen molar-refractivity contribution < 1.29 is 23.1 Å². The molecule has 0 saturated carbocycles. The number of aliphatic carboxylic acids is 1. The zero-order chi connectivity index (χ0) is 15.3. The first kappa shape index (κ1) is 16.9. The molecule has 0 aromatic heterocycles. The van der Waals surface area contributed by atoms with Crippen LogP contribution >= 0.6 is 0 Å². The summed E-state index contributed by atoms with van der Waals surface area (Å²) in [4.78, 5) is 24.0. The van der Waals surface area contributed by atoms with Gasteiger partial charge in [-0.25, -0.2) is 13.1 Å². The number of amides is 1. The van der Waals surface area contributed by atoms with E-state index in [-0.39, 0.29) is 24.8 Å². The molecule has 1 aliphatic rings. The van der Waals surface area contributed by atoms with Crippen LogP contribution in [0.15, 0.2) is 0 Å². The Labute approximate surface area is 118 Å². The van der Waals surface area contributed by atoms with E-state index in [0.29, 0.717) is 25.9 Å². The van der Waals surface area contributed by atoms with Gasteiger partial charge in [0.2, 0.25) is 15.9 Å². The summed E-state index contributed by atoms with van der Waals surface area (Å²) in [6.07, 6.45) is 2.13. The Bertz CT molecular complexity index is 457. The number of hydrogen-bond acceptors (Lipinski definition) is 5. The van der Waals surface area contributed by atoms with Gasteiger partial charge in [0.25, 0.3) is 0 Å². The van der Waals surface area contributed by atoms with Crippen molar-refractivity contribution in [3.63, 3.8) is 0 Å². The number of carboxylic acids is 1. The van der Waals surface area contributed by atoms with E-state index < -0.39 is 22.0 Å². The number of nitrogens with two attached hydrogens (primary N) is 1. The molecule has 20 heavy (non-hydrogen) atoms. The Balaban J connectivity index is 2.40. The van der Waals surface area contributed by atoms with Crippen molar-refractivity contribution in [1.29, 1.82) is 0 Å². The SMILES string of the molecule is CS(=O)(=O)NC1CCN(C(=O)C(N)CCC(=O)O)CC1. The van der Waals surface area contributed by atoms with Crippen LogP contribution in [0.2, 0.25) is 0 Å². The second-order valence-corrected chi connectivity index (χ2v) is 6.81. The molecule has 8 nitrogen and oxygen atoms in total. The van der Waals surface area contributed by atoms with E-state index in [1.54, 1.807) is 4.90 Å². The van der Waals surface area contributed by atoms with Gasteiger partial charge in [0.1, 0.15) is 0 Å². The predicted octanol–water partition coefficient (Wildman–Crippen LogP) is -1.28. The van der Waals surface area contributed by atoms with Crippen LogP contribution in [0.25, 0.3) is 0 Å². The fourth-order valence-electron chi connectivity index (χ4n) is 2.16. The van der Waals surface area contributed by atoms with Gasteiger partial charge < -0.3 is 15.7 Å². The first-order valence-corrected chi connectivity index (χ1v) is 8.31. The van der Waals surface area contributed by atoms with Gasteiger partial charge in [-0.1, -0.05) is 0 Å². The largest absolute Gasteiger partial charge is 0.481 e. The van der Waals surface area contributed by atoms with Gasteiger partial charge >= 0.3 is 5.97 Å². The standard InChI is InChI=1S/C11H21N3O5S/c1-20(18,19)13-8-4-6-14(7-5-8)11(17)9(12)2-3-10(15)16/h8-9,13H,2-7,12H2,1H3,(H,15,16). The second kappa shape index (κ2) is 7.00. The van der Waals surface area contributed by atoms with Crippen LogP contribution in [0.1, 0.15) is 25.7 Å². The molecule has 4 N–H and O–H groups in total. The van der Waals surface area contributed by atoms with Crippen molar-refractivity contribution in [2.45, 2.75) is 37.8 Å².